The van der Waals surface area contributed by atoms with Crippen molar-refractivity contribution in [3.63, 3.8) is 0 Å². The molecule has 6 rings (SSSR count). The van der Waals surface area contributed by atoms with Crippen LogP contribution in [0.1, 0.15) is 96.0 Å². The van der Waals surface area contributed by atoms with Crippen LogP contribution in [-0.4, -0.2) is 9.97 Å². The van der Waals surface area contributed by atoms with Crippen LogP contribution in [0.2, 0.25) is 0 Å². The number of fused-ring (bicyclic) bond motifs is 3. The van der Waals surface area contributed by atoms with Gasteiger partial charge in [-0.2, -0.15) is 0 Å². The second kappa shape index (κ2) is 13.5. The molecule has 2 aromatic carbocycles. The van der Waals surface area contributed by atoms with E-state index in [1.807, 2.05) is 12.4 Å². The van der Waals surface area contributed by atoms with Gasteiger partial charge in [0, 0.05) is 38.4 Å². The Balaban J connectivity index is 0.000000204. The third kappa shape index (κ3) is 8.26. The van der Waals surface area contributed by atoms with E-state index in [-0.39, 0.29) is 36.4 Å². The minimum Gasteiger partial charge on any atom is -0.305 e. The number of benzene rings is 2. The molecule has 0 N–H and O–H groups in total. The maximum absolute atomic E-state index is 4.59. The zero-order valence-electron chi connectivity index (χ0n) is 28.2. The fourth-order valence-corrected chi connectivity index (χ4v) is 5.53. The Bertz CT molecular complexity index is 1630. The van der Waals surface area contributed by atoms with Crippen molar-refractivity contribution in [2.24, 2.45) is 5.92 Å². The number of hydrogen-bond acceptors (Lipinski definition) is 2. The van der Waals surface area contributed by atoms with Crippen molar-refractivity contribution >= 4 is 6.08 Å². The number of rotatable bonds is 2. The summed E-state index contributed by atoms with van der Waals surface area (Å²) in [5.41, 5.74) is 11.1. The summed E-state index contributed by atoms with van der Waals surface area (Å²) < 4.78 is 0. The van der Waals surface area contributed by atoms with Gasteiger partial charge in [0.05, 0.1) is 0 Å². The van der Waals surface area contributed by atoms with E-state index >= 15 is 0 Å². The molecule has 0 saturated carbocycles. The second-order valence-corrected chi connectivity index (χ2v) is 15.1. The third-order valence-electron chi connectivity index (χ3n) is 8.54. The van der Waals surface area contributed by atoms with Gasteiger partial charge >= 0.3 is 0 Å². The Morgan fingerprint density at radius 1 is 0.600 bits per heavy atom. The minimum absolute atomic E-state index is 0. The first-order chi connectivity index (χ1) is 20.7. The van der Waals surface area contributed by atoms with Crippen molar-refractivity contribution in [1.29, 1.82) is 0 Å². The van der Waals surface area contributed by atoms with E-state index in [1.165, 1.54) is 27.8 Å². The molecule has 1 radical (unpaired) electrons. The number of pyridine rings is 2. The van der Waals surface area contributed by atoms with Gasteiger partial charge in [-0.05, 0) is 50.7 Å². The predicted molar refractivity (Wildman–Crippen MR) is 187 cm³/mol. The average Bonchev–Trinajstić information content (AvgIpc) is 3.00. The fourth-order valence-electron chi connectivity index (χ4n) is 5.53. The average molecular weight is 771 g/mol. The van der Waals surface area contributed by atoms with Gasteiger partial charge in [-0.1, -0.05) is 111 Å². The van der Waals surface area contributed by atoms with E-state index in [2.05, 4.69) is 175 Å². The van der Waals surface area contributed by atoms with Gasteiger partial charge < -0.3 is 9.97 Å². The van der Waals surface area contributed by atoms with Crippen LogP contribution >= 0.6 is 0 Å². The van der Waals surface area contributed by atoms with Crippen molar-refractivity contribution in [2.75, 3.05) is 0 Å². The summed E-state index contributed by atoms with van der Waals surface area (Å²) in [7, 11) is 0. The van der Waals surface area contributed by atoms with E-state index in [0.717, 1.165) is 22.5 Å². The van der Waals surface area contributed by atoms with E-state index in [9.17, 15) is 0 Å². The van der Waals surface area contributed by atoms with Crippen LogP contribution in [0.15, 0.2) is 97.4 Å². The molecule has 0 bridgehead atoms. The van der Waals surface area contributed by atoms with Gasteiger partial charge in [-0.15, -0.1) is 76.4 Å². The zero-order valence-corrected chi connectivity index (χ0v) is 30.6. The first kappa shape index (κ1) is 34.5. The van der Waals surface area contributed by atoms with Crippen molar-refractivity contribution in [3.8, 4) is 22.5 Å². The molecule has 0 aliphatic heterocycles. The molecule has 45 heavy (non-hydrogen) atoms. The zero-order chi connectivity index (χ0) is 31.7. The van der Waals surface area contributed by atoms with Crippen LogP contribution in [0, 0.1) is 18.1 Å². The SMILES string of the molecule is CC(C)(C)c1c[c-]c(-c2ccc(C(C)(C)C)cn2)cc1.CC(C)(C)c1ccnc(-c2[c-]cc3c(c2)C2C=CC=CC2C=C3)c1.[Ir]. The summed E-state index contributed by atoms with van der Waals surface area (Å²) in [5, 5.41) is 0. The molecular weight excluding hydrogens is 725 g/mol. The van der Waals surface area contributed by atoms with Gasteiger partial charge in [0.15, 0.2) is 0 Å². The Morgan fingerprint density at radius 2 is 1.27 bits per heavy atom. The Morgan fingerprint density at radius 3 is 1.89 bits per heavy atom. The Labute approximate surface area is 285 Å². The smallest absolute Gasteiger partial charge is 0.0198 e. The Hall–Kier alpha value is -3.39. The second-order valence-electron chi connectivity index (χ2n) is 15.1. The van der Waals surface area contributed by atoms with Crippen molar-refractivity contribution < 1.29 is 20.1 Å². The van der Waals surface area contributed by atoms with Crippen molar-refractivity contribution in [1.82, 2.24) is 9.97 Å². The van der Waals surface area contributed by atoms with Crippen molar-refractivity contribution in [2.45, 2.75) is 84.5 Å². The summed E-state index contributed by atoms with van der Waals surface area (Å²) >= 11 is 0. The van der Waals surface area contributed by atoms with Gasteiger partial charge in [0.2, 0.25) is 0 Å². The van der Waals surface area contributed by atoms with Gasteiger partial charge in [-0.3, -0.25) is 0 Å². The van der Waals surface area contributed by atoms with Crippen LogP contribution in [0.5, 0.6) is 0 Å². The topological polar surface area (TPSA) is 25.8 Å². The number of allylic oxidation sites excluding steroid dienone is 5. The molecule has 2 unspecified atom stereocenters. The van der Waals surface area contributed by atoms with Crippen molar-refractivity contribution in [3.05, 3.63) is 137 Å². The number of hydrogen-bond donors (Lipinski definition) is 0. The van der Waals surface area contributed by atoms with Crippen LogP contribution in [0.3, 0.4) is 0 Å². The van der Waals surface area contributed by atoms with E-state index < -0.39 is 0 Å². The maximum atomic E-state index is 4.59. The molecule has 0 spiro atoms. The first-order valence-corrected chi connectivity index (χ1v) is 15.7. The number of nitrogens with zero attached hydrogens (tertiary/aromatic N) is 2. The molecule has 2 heterocycles. The maximum Gasteiger partial charge on any atom is 0.0198 e. The fraction of sp³-hybridized carbons (Fsp3) is 0.333. The molecular formula is C42H46IrN2-2. The van der Waals surface area contributed by atoms with E-state index in [0.29, 0.717) is 11.8 Å². The Kier molecular flexibility index (Phi) is 10.4. The molecule has 4 aromatic rings. The number of aromatic nitrogens is 2. The van der Waals surface area contributed by atoms with Gasteiger partial charge in [0.25, 0.3) is 0 Å². The first-order valence-electron chi connectivity index (χ1n) is 15.7. The van der Waals surface area contributed by atoms with Crippen LogP contribution in [0.25, 0.3) is 28.6 Å². The summed E-state index contributed by atoms with van der Waals surface area (Å²) in [6.07, 6.45) is 17.3. The summed E-state index contributed by atoms with van der Waals surface area (Å²) in [5.74, 6) is 0.890. The summed E-state index contributed by atoms with van der Waals surface area (Å²) in [4.78, 5) is 9.17. The van der Waals surface area contributed by atoms with Crippen LogP contribution in [0.4, 0.5) is 0 Å². The molecule has 2 nitrogen and oxygen atoms in total. The van der Waals surface area contributed by atoms with Gasteiger partial charge in [-0.25, -0.2) is 0 Å². The molecule has 235 valence electrons. The molecule has 2 aromatic heterocycles. The summed E-state index contributed by atoms with van der Waals surface area (Å²) in [6, 6.07) is 26.1. The largest absolute Gasteiger partial charge is 0.305 e. The normalized spacial score (nSPS) is 17.0. The molecule has 2 aliphatic rings. The molecule has 0 amide bonds. The van der Waals surface area contributed by atoms with Crippen LogP contribution < -0.4 is 0 Å². The summed E-state index contributed by atoms with van der Waals surface area (Å²) in [6.45, 7) is 20.0. The molecule has 0 fully saturated rings. The van der Waals surface area contributed by atoms with E-state index in [1.54, 1.807) is 0 Å². The monoisotopic (exact) mass is 771 g/mol. The minimum atomic E-state index is 0. The van der Waals surface area contributed by atoms with E-state index in [4.69, 9.17) is 0 Å². The quantitative estimate of drug-likeness (QED) is 0.190. The predicted octanol–water partition coefficient (Wildman–Crippen LogP) is 10.8. The van der Waals surface area contributed by atoms with Crippen LogP contribution in [-0.2, 0) is 36.4 Å². The molecule has 2 aliphatic carbocycles. The molecule has 2 atom stereocenters. The third-order valence-corrected chi connectivity index (χ3v) is 8.54. The van der Waals surface area contributed by atoms with Gasteiger partial charge in [0.1, 0.15) is 0 Å². The molecule has 3 heteroatoms. The standard InChI is InChI=1S/C23H22N.C19H24N.Ir/c1-23(2,3)19-12-13-24-22(15-19)18-11-10-17-9-8-16-6-4-5-7-20(16)21(17)14-18;1-18(2,3)15-9-7-14(8-10-15)17-12-11-16(13-20-17)19(4,5)6;/h4-10,12-16,20H,1-3H3;7,9-13H,1-6H3;/q2*-1;. The molecule has 0 saturated heterocycles.